The maximum absolute atomic E-state index is 11.7. The molecule has 0 aliphatic rings. The second kappa shape index (κ2) is 7.50. The van der Waals surface area contributed by atoms with Crippen molar-refractivity contribution < 1.29 is 14.7 Å². The Kier molecular flexibility index (Phi) is 5.98. The molecule has 0 saturated carbocycles. The number of amides is 1. The van der Waals surface area contributed by atoms with E-state index >= 15 is 0 Å². The van der Waals surface area contributed by atoms with Gasteiger partial charge in [0.2, 0.25) is 5.82 Å². The summed E-state index contributed by atoms with van der Waals surface area (Å²) in [5.74, 6) is -1.19. The predicted octanol–water partition coefficient (Wildman–Crippen LogP) is 0.988. The summed E-state index contributed by atoms with van der Waals surface area (Å²) in [5.41, 5.74) is 0. The highest BCUT2D eigenvalue weighted by Gasteiger charge is 2.19. The number of aromatic amines is 1. The molecule has 0 aliphatic heterocycles. The molecule has 0 fully saturated rings. The second-order valence-electron chi connectivity index (χ2n) is 4.39. The van der Waals surface area contributed by atoms with Gasteiger partial charge in [0, 0.05) is 13.0 Å². The molecule has 7 heteroatoms. The Morgan fingerprint density at radius 2 is 2.11 bits per heavy atom. The van der Waals surface area contributed by atoms with E-state index in [-0.39, 0.29) is 12.4 Å². The third-order valence-electron chi connectivity index (χ3n) is 2.72. The Balaban J connectivity index is 2.51. The maximum Gasteiger partial charge on any atom is 0.308 e. The molecule has 7 nitrogen and oxygen atoms in total. The molecule has 0 aromatic carbocycles. The second-order valence-corrected chi connectivity index (χ2v) is 4.39. The molecule has 19 heavy (non-hydrogen) atoms. The van der Waals surface area contributed by atoms with E-state index < -0.39 is 17.8 Å². The van der Waals surface area contributed by atoms with Gasteiger partial charge in [0.05, 0.1) is 5.92 Å². The quantitative estimate of drug-likeness (QED) is 0.651. The Bertz CT molecular complexity index is 430. The normalized spacial score (nSPS) is 12.1. The molecule has 3 N–H and O–H groups in total. The van der Waals surface area contributed by atoms with Crippen molar-refractivity contribution in [2.24, 2.45) is 5.92 Å². The van der Waals surface area contributed by atoms with E-state index in [9.17, 15) is 9.59 Å². The van der Waals surface area contributed by atoms with Crippen LogP contribution in [-0.4, -0.2) is 38.7 Å². The number of carbonyl (C=O) groups is 2. The highest BCUT2D eigenvalue weighted by Crippen LogP contribution is 2.05. The van der Waals surface area contributed by atoms with Crippen LogP contribution in [0.1, 0.15) is 49.6 Å². The van der Waals surface area contributed by atoms with Crippen molar-refractivity contribution in [3.63, 3.8) is 0 Å². The molecule has 1 amide bonds. The largest absolute Gasteiger partial charge is 0.481 e. The van der Waals surface area contributed by atoms with Gasteiger partial charge in [-0.05, 0) is 12.8 Å². The third-order valence-corrected chi connectivity index (χ3v) is 2.72. The number of rotatable bonds is 8. The number of hydrogen-bond acceptors (Lipinski definition) is 4. The lowest BCUT2D eigenvalue weighted by atomic mass is 10.0. The molecule has 1 aromatic rings. The summed E-state index contributed by atoms with van der Waals surface area (Å²) in [7, 11) is 0. The van der Waals surface area contributed by atoms with E-state index in [4.69, 9.17) is 5.11 Å². The SMILES string of the molecule is CCCc1nc(C(=O)NCC(CCC)C(=O)O)n[nH]1. The molecular formula is C12H20N4O3. The number of carboxylic acids is 1. The number of hydrogen-bond donors (Lipinski definition) is 3. The molecule has 0 saturated heterocycles. The fourth-order valence-corrected chi connectivity index (χ4v) is 1.70. The minimum absolute atomic E-state index is 0.0593. The van der Waals surface area contributed by atoms with Crippen LogP contribution in [0.15, 0.2) is 0 Å². The Labute approximate surface area is 111 Å². The molecule has 1 atom stereocenters. The Morgan fingerprint density at radius 1 is 1.37 bits per heavy atom. The first-order valence-corrected chi connectivity index (χ1v) is 6.50. The van der Waals surface area contributed by atoms with Crippen LogP contribution in [0.4, 0.5) is 0 Å². The van der Waals surface area contributed by atoms with Gasteiger partial charge in [-0.3, -0.25) is 14.7 Å². The van der Waals surface area contributed by atoms with E-state index in [2.05, 4.69) is 20.5 Å². The van der Waals surface area contributed by atoms with Crippen molar-refractivity contribution in [2.75, 3.05) is 6.54 Å². The number of H-pyrrole nitrogens is 1. The highest BCUT2D eigenvalue weighted by molar-refractivity contribution is 5.90. The number of carbonyl (C=O) groups excluding carboxylic acids is 1. The first-order chi connectivity index (χ1) is 9.08. The molecule has 106 valence electrons. The van der Waals surface area contributed by atoms with Crippen molar-refractivity contribution >= 4 is 11.9 Å². The summed E-state index contributed by atoms with van der Waals surface area (Å²) < 4.78 is 0. The van der Waals surface area contributed by atoms with Gasteiger partial charge in [-0.2, -0.15) is 0 Å². The Morgan fingerprint density at radius 3 is 2.68 bits per heavy atom. The van der Waals surface area contributed by atoms with Gasteiger partial charge in [0.1, 0.15) is 5.82 Å². The van der Waals surface area contributed by atoms with Crippen LogP contribution in [0, 0.1) is 5.92 Å². The molecule has 0 aliphatic carbocycles. The fourth-order valence-electron chi connectivity index (χ4n) is 1.70. The van der Waals surface area contributed by atoms with Crippen LogP contribution >= 0.6 is 0 Å². The molecule has 1 heterocycles. The minimum atomic E-state index is -0.899. The van der Waals surface area contributed by atoms with Crippen LogP contribution in [-0.2, 0) is 11.2 Å². The summed E-state index contributed by atoms with van der Waals surface area (Å²) in [5, 5.41) is 18.0. The molecule has 1 aromatic heterocycles. The number of nitrogens with one attached hydrogen (secondary N) is 2. The van der Waals surface area contributed by atoms with Gasteiger partial charge in [-0.15, -0.1) is 5.10 Å². The van der Waals surface area contributed by atoms with Crippen molar-refractivity contribution in [1.82, 2.24) is 20.5 Å². The molecule has 1 unspecified atom stereocenters. The zero-order chi connectivity index (χ0) is 14.3. The molecule has 0 spiro atoms. The van der Waals surface area contributed by atoms with Gasteiger partial charge in [-0.1, -0.05) is 20.3 Å². The van der Waals surface area contributed by atoms with E-state index in [1.54, 1.807) is 0 Å². The maximum atomic E-state index is 11.7. The molecule has 0 bridgehead atoms. The monoisotopic (exact) mass is 268 g/mol. The predicted molar refractivity (Wildman–Crippen MR) is 68.7 cm³/mol. The summed E-state index contributed by atoms with van der Waals surface area (Å²) in [6, 6.07) is 0. The third kappa shape index (κ3) is 4.69. The summed E-state index contributed by atoms with van der Waals surface area (Å²) in [6.45, 7) is 4.01. The van der Waals surface area contributed by atoms with Gasteiger partial charge in [0.25, 0.3) is 5.91 Å². The number of carboxylic acid groups (broad SMARTS) is 1. The van der Waals surface area contributed by atoms with E-state index in [1.807, 2.05) is 13.8 Å². The molecule has 1 rings (SSSR count). The van der Waals surface area contributed by atoms with Gasteiger partial charge < -0.3 is 10.4 Å². The standard InChI is InChI=1S/C12H20N4O3/c1-3-5-8(12(18)19)7-13-11(17)10-14-9(6-4-2)15-16-10/h8H,3-7H2,1-2H3,(H,13,17)(H,18,19)(H,14,15,16). The minimum Gasteiger partial charge on any atom is -0.481 e. The van der Waals surface area contributed by atoms with Crippen LogP contribution in [0.25, 0.3) is 0 Å². The van der Waals surface area contributed by atoms with Crippen molar-refractivity contribution in [1.29, 1.82) is 0 Å². The first-order valence-electron chi connectivity index (χ1n) is 6.50. The van der Waals surface area contributed by atoms with Crippen molar-refractivity contribution in [2.45, 2.75) is 39.5 Å². The zero-order valence-corrected chi connectivity index (χ0v) is 11.3. The smallest absolute Gasteiger partial charge is 0.308 e. The number of nitrogens with zero attached hydrogens (tertiary/aromatic N) is 2. The van der Waals surface area contributed by atoms with E-state index in [0.29, 0.717) is 12.2 Å². The van der Waals surface area contributed by atoms with Crippen LogP contribution in [0.3, 0.4) is 0 Å². The van der Waals surface area contributed by atoms with Crippen LogP contribution in [0.5, 0.6) is 0 Å². The summed E-state index contributed by atoms with van der Waals surface area (Å²) in [4.78, 5) is 26.7. The summed E-state index contributed by atoms with van der Waals surface area (Å²) in [6.07, 6.45) is 2.93. The average Bonchev–Trinajstić information content (AvgIpc) is 2.83. The lowest BCUT2D eigenvalue weighted by Crippen LogP contribution is -2.33. The van der Waals surface area contributed by atoms with Crippen molar-refractivity contribution in [3.05, 3.63) is 11.6 Å². The lowest BCUT2D eigenvalue weighted by Gasteiger charge is -2.11. The first kappa shape index (κ1) is 15.1. The topological polar surface area (TPSA) is 108 Å². The average molecular weight is 268 g/mol. The van der Waals surface area contributed by atoms with Gasteiger partial charge in [0.15, 0.2) is 0 Å². The molecular weight excluding hydrogens is 248 g/mol. The number of aromatic nitrogens is 3. The van der Waals surface area contributed by atoms with Crippen molar-refractivity contribution in [3.8, 4) is 0 Å². The van der Waals surface area contributed by atoms with Crippen LogP contribution < -0.4 is 5.32 Å². The van der Waals surface area contributed by atoms with E-state index in [0.717, 1.165) is 19.3 Å². The number of aryl methyl sites for hydroxylation is 1. The number of aliphatic carboxylic acids is 1. The van der Waals surface area contributed by atoms with Crippen LogP contribution in [0.2, 0.25) is 0 Å². The highest BCUT2D eigenvalue weighted by atomic mass is 16.4. The fraction of sp³-hybridized carbons (Fsp3) is 0.667. The lowest BCUT2D eigenvalue weighted by molar-refractivity contribution is -0.141. The summed E-state index contributed by atoms with van der Waals surface area (Å²) >= 11 is 0. The molecule has 0 radical (unpaired) electrons. The Hall–Kier alpha value is -1.92. The van der Waals surface area contributed by atoms with Gasteiger partial charge in [-0.25, -0.2) is 4.98 Å². The zero-order valence-electron chi connectivity index (χ0n) is 11.3. The van der Waals surface area contributed by atoms with Gasteiger partial charge >= 0.3 is 5.97 Å². The van der Waals surface area contributed by atoms with E-state index in [1.165, 1.54) is 0 Å².